The van der Waals surface area contributed by atoms with Crippen molar-refractivity contribution in [1.82, 2.24) is 34.4 Å². The van der Waals surface area contributed by atoms with E-state index >= 15 is 0 Å². The van der Waals surface area contributed by atoms with Crippen molar-refractivity contribution in [1.29, 1.82) is 0 Å². The Bertz CT molecular complexity index is 902. The molecule has 0 amide bonds. The summed E-state index contributed by atoms with van der Waals surface area (Å²) in [7, 11) is 0. The SMILES string of the molecule is Cc1nc(-c2nn3c(-c4snnc4C)nnc3s2)co1. The number of aryl methyl sites for hydroxylation is 2. The molecule has 0 aliphatic heterocycles. The van der Waals surface area contributed by atoms with Crippen molar-refractivity contribution >= 4 is 27.8 Å². The van der Waals surface area contributed by atoms with Crippen LogP contribution in [0, 0.1) is 13.8 Å². The summed E-state index contributed by atoms with van der Waals surface area (Å²) in [6.07, 6.45) is 1.58. The second-order valence-corrected chi connectivity index (χ2v) is 5.77. The van der Waals surface area contributed by atoms with Crippen LogP contribution in [-0.4, -0.2) is 34.4 Å². The summed E-state index contributed by atoms with van der Waals surface area (Å²) in [4.78, 5) is 5.83. The molecular formula is C10H7N7OS2. The molecule has 0 N–H and O–H groups in total. The fourth-order valence-corrected chi connectivity index (χ4v) is 3.18. The molecule has 8 nitrogen and oxygen atoms in total. The van der Waals surface area contributed by atoms with Crippen molar-refractivity contribution in [3.05, 3.63) is 17.8 Å². The van der Waals surface area contributed by atoms with Crippen LogP contribution in [0.25, 0.3) is 26.4 Å². The quantitative estimate of drug-likeness (QED) is 0.558. The van der Waals surface area contributed by atoms with Crippen LogP contribution in [0.15, 0.2) is 10.7 Å². The zero-order valence-corrected chi connectivity index (χ0v) is 12.1. The number of hydrogen-bond acceptors (Lipinski definition) is 9. The number of hydrogen-bond donors (Lipinski definition) is 0. The molecule has 10 heteroatoms. The van der Waals surface area contributed by atoms with Crippen LogP contribution in [-0.2, 0) is 0 Å². The normalized spacial score (nSPS) is 11.5. The molecule has 100 valence electrons. The topological polar surface area (TPSA) is 94.9 Å². The lowest BCUT2D eigenvalue weighted by atomic mass is 10.4. The minimum absolute atomic E-state index is 0.605. The largest absolute Gasteiger partial charge is 0.449 e. The average Bonchev–Trinajstić information content (AvgIpc) is 3.12. The van der Waals surface area contributed by atoms with E-state index < -0.39 is 0 Å². The molecule has 0 aromatic carbocycles. The van der Waals surface area contributed by atoms with Gasteiger partial charge in [0, 0.05) is 6.92 Å². The summed E-state index contributed by atoms with van der Waals surface area (Å²) < 4.78 is 10.8. The molecular weight excluding hydrogens is 298 g/mol. The molecule has 0 saturated heterocycles. The van der Waals surface area contributed by atoms with Crippen LogP contribution < -0.4 is 0 Å². The van der Waals surface area contributed by atoms with Crippen molar-refractivity contribution in [2.24, 2.45) is 0 Å². The van der Waals surface area contributed by atoms with Crippen LogP contribution in [0.2, 0.25) is 0 Å². The molecule has 4 heterocycles. The summed E-state index contributed by atoms with van der Waals surface area (Å²) in [5, 5.41) is 17.5. The highest BCUT2D eigenvalue weighted by Crippen LogP contribution is 2.29. The van der Waals surface area contributed by atoms with Crippen LogP contribution >= 0.6 is 22.9 Å². The van der Waals surface area contributed by atoms with Gasteiger partial charge in [0.05, 0.1) is 5.69 Å². The van der Waals surface area contributed by atoms with Gasteiger partial charge in [0.25, 0.3) is 0 Å². The lowest BCUT2D eigenvalue weighted by molar-refractivity contribution is 0.521. The molecule has 20 heavy (non-hydrogen) atoms. The van der Waals surface area contributed by atoms with Crippen molar-refractivity contribution in [2.75, 3.05) is 0 Å². The molecule has 4 rings (SSSR count). The molecule has 4 aromatic heterocycles. The summed E-state index contributed by atoms with van der Waals surface area (Å²) >= 11 is 2.68. The molecule has 0 atom stereocenters. The van der Waals surface area contributed by atoms with Gasteiger partial charge in [-0.25, -0.2) is 4.98 Å². The molecule has 0 saturated carbocycles. The maximum atomic E-state index is 5.21. The maximum Gasteiger partial charge on any atom is 0.235 e. The number of oxazole rings is 1. The summed E-state index contributed by atoms with van der Waals surface area (Å²) in [5.74, 6) is 1.25. The molecule has 0 unspecified atom stereocenters. The molecule has 0 bridgehead atoms. The van der Waals surface area contributed by atoms with E-state index in [1.807, 2.05) is 6.92 Å². The number of nitrogens with zero attached hydrogens (tertiary/aromatic N) is 7. The first-order valence-corrected chi connectivity index (χ1v) is 7.25. The van der Waals surface area contributed by atoms with Gasteiger partial charge < -0.3 is 4.42 Å². The van der Waals surface area contributed by atoms with Gasteiger partial charge in [-0.1, -0.05) is 15.8 Å². The smallest absolute Gasteiger partial charge is 0.235 e. The van der Waals surface area contributed by atoms with Gasteiger partial charge in [0.2, 0.25) is 4.96 Å². The Labute approximate surface area is 120 Å². The zero-order valence-electron chi connectivity index (χ0n) is 10.4. The monoisotopic (exact) mass is 305 g/mol. The Morgan fingerprint density at radius 1 is 1.20 bits per heavy atom. The standard InChI is InChI=1S/C10H7N7OS2/c1-4-7(20-16-12-4)8-13-14-10-17(8)15-9(19-10)6-3-18-5(2)11-6/h3H,1-2H3. The van der Waals surface area contributed by atoms with Crippen molar-refractivity contribution in [3.63, 3.8) is 0 Å². The Kier molecular flexibility index (Phi) is 2.41. The third-order valence-corrected chi connectivity index (χ3v) is 4.43. The van der Waals surface area contributed by atoms with Crippen LogP contribution in [0.4, 0.5) is 0 Å². The molecule has 0 aliphatic rings. The highest BCUT2D eigenvalue weighted by atomic mass is 32.1. The second kappa shape index (κ2) is 4.15. The number of aromatic nitrogens is 7. The van der Waals surface area contributed by atoms with Crippen LogP contribution in [0.5, 0.6) is 0 Å². The minimum atomic E-state index is 0.605. The van der Waals surface area contributed by atoms with E-state index in [-0.39, 0.29) is 0 Å². The van der Waals surface area contributed by atoms with Crippen molar-refractivity contribution in [3.8, 4) is 21.4 Å². The third-order valence-electron chi connectivity index (χ3n) is 2.68. The summed E-state index contributed by atoms with van der Waals surface area (Å²) in [6, 6.07) is 0. The molecule has 0 fully saturated rings. The predicted molar refractivity (Wildman–Crippen MR) is 72.5 cm³/mol. The highest BCUT2D eigenvalue weighted by molar-refractivity contribution is 7.19. The Balaban J connectivity index is 1.89. The molecule has 4 aromatic rings. The molecule has 0 spiro atoms. The number of fused-ring (bicyclic) bond motifs is 1. The first kappa shape index (κ1) is 11.6. The maximum absolute atomic E-state index is 5.21. The zero-order chi connectivity index (χ0) is 13.7. The molecule has 0 radical (unpaired) electrons. The average molecular weight is 305 g/mol. The van der Waals surface area contributed by atoms with E-state index in [1.165, 1.54) is 22.9 Å². The van der Waals surface area contributed by atoms with Gasteiger partial charge in [-0.3, -0.25) is 0 Å². The predicted octanol–water partition coefficient (Wildman–Crippen LogP) is 1.98. The van der Waals surface area contributed by atoms with Crippen LogP contribution in [0.1, 0.15) is 11.6 Å². The lowest BCUT2D eigenvalue weighted by Crippen LogP contribution is -1.91. The highest BCUT2D eigenvalue weighted by Gasteiger charge is 2.19. The van der Waals surface area contributed by atoms with Gasteiger partial charge in [0.1, 0.15) is 16.8 Å². The third kappa shape index (κ3) is 1.65. The first-order chi connectivity index (χ1) is 9.72. The number of rotatable bonds is 2. The summed E-state index contributed by atoms with van der Waals surface area (Å²) in [6.45, 7) is 3.68. The van der Waals surface area contributed by atoms with Gasteiger partial charge in [-0.15, -0.1) is 15.3 Å². The Morgan fingerprint density at radius 2 is 2.10 bits per heavy atom. The van der Waals surface area contributed by atoms with Crippen LogP contribution in [0.3, 0.4) is 0 Å². The summed E-state index contributed by atoms with van der Waals surface area (Å²) in [5.41, 5.74) is 1.51. The van der Waals surface area contributed by atoms with E-state index in [1.54, 1.807) is 17.7 Å². The first-order valence-electron chi connectivity index (χ1n) is 5.66. The van der Waals surface area contributed by atoms with Crippen molar-refractivity contribution < 1.29 is 4.42 Å². The van der Waals surface area contributed by atoms with Crippen molar-refractivity contribution in [2.45, 2.75) is 13.8 Å². The molecule has 0 aliphatic carbocycles. The fraction of sp³-hybridized carbons (Fsp3) is 0.200. The van der Waals surface area contributed by atoms with Gasteiger partial charge in [-0.2, -0.15) is 9.61 Å². The lowest BCUT2D eigenvalue weighted by Gasteiger charge is -1.91. The fourth-order valence-electron chi connectivity index (χ4n) is 1.76. The van der Waals surface area contributed by atoms with E-state index in [4.69, 9.17) is 4.42 Å². The van der Waals surface area contributed by atoms with Gasteiger partial charge in [0.15, 0.2) is 16.7 Å². The van der Waals surface area contributed by atoms with E-state index in [2.05, 4.69) is 29.9 Å². The minimum Gasteiger partial charge on any atom is -0.449 e. The Hall–Kier alpha value is -2.20. The van der Waals surface area contributed by atoms with E-state index in [9.17, 15) is 0 Å². The second-order valence-electron chi connectivity index (χ2n) is 4.06. The van der Waals surface area contributed by atoms with E-state index in [0.29, 0.717) is 22.4 Å². The van der Waals surface area contributed by atoms with Gasteiger partial charge in [-0.05, 0) is 18.5 Å². The van der Waals surface area contributed by atoms with E-state index in [0.717, 1.165) is 15.6 Å². The van der Waals surface area contributed by atoms with Gasteiger partial charge >= 0.3 is 0 Å². The Morgan fingerprint density at radius 3 is 2.80 bits per heavy atom.